The van der Waals surface area contributed by atoms with Gasteiger partial charge in [-0.05, 0) is 31.2 Å². The second-order valence-electron chi connectivity index (χ2n) is 5.99. The van der Waals surface area contributed by atoms with Gasteiger partial charge in [0.2, 0.25) is 0 Å². The van der Waals surface area contributed by atoms with Gasteiger partial charge in [0.05, 0.1) is 5.92 Å². The lowest BCUT2D eigenvalue weighted by molar-refractivity contribution is -0.142. The van der Waals surface area contributed by atoms with Crippen LogP contribution >= 0.6 is 0 Å². The first kappa shape index (κ1) is 17.1. The molecule has 1 aliphatic rings. The number of urea groups is 1. The van der Waals surface area contributed by atoms with E-state index in [1.807, 2.05) is 30.3 Å². The molecule has 1 aromatic carbocycles. The minimum absolute atomic E-state index is 0.0567. The first-order valence-corrected chi connectivity index (χ1v) is 8.03. The monoisotopic (exact) mass is 316 g/mol. The summed E-state index contributed by atoms with van der Waals surface area (Å²) in [6.07, 6.45) is 4.40. The third-order valence-corrected chi connectivity index (χ3v) is 4.26. The van der Waals surface area contributed by atoms with E-state index in [-0.39, 0.29) is 18.0 Å². The number of nitrogens with zero attached hydrogens (tertiary/aromatic N) is 1. The summed E-state index contributed by atoms with van der Waals surface area (Å²) in [5.41, 5.74) is 1.07. The van der Waals surface area contributed by atoms with Gasteiger partial charge in [-0.2, -0.15) is 0 Å². The van der Waals surface area contributed by atoms with Crippen molar-refractivity contribution in [1.29, 1.82) is 0 Å². The Labute approximate surface area is 137 Å². The Kier molecular flexibility index (Phi) is 6.20. The van der Waals surface area contributed by atoms with Crippen molar-refractivity contribution in [3.8, 4) is 0 Å². The van der Waals surface area contributed by atoms with E-state index in [1.54, 1.807) is 11.0 Å². The lowest BCUT2D eigenvalue weighted by Gasteiger charge is -2.30. The highest BCUT2D eigenvalue weighted by Crippen LogP contribution is 2.24. The maximum absolute atomic E-state index is 12.5. The molecule has 0 radical (unpaired) electrons. The van der Waals surface area contributed by atoms with Crippen molar-refractivity contribution >= 4 is 12.0 Å². The molecule has 124 valence electrons. The number of benzene rings is 1. The topological polar surface area (TPSA) is 69.6 Å². The molecular weight excluding hydrogens is 292 g/mol. The zero-order valence-corrected chi connectivity index (χ0v) is 13.3. The fraction of sp³-hybridized carbons (Fsp3) is 0.444. The van der Waals surface area contributed by atoms with Gasteiger partial charge < -0.3 is 15.3 Å². The van der Waals surface area contributed by atoms with Crippen LogP contribution in [0, 0.1) is 5.92 Å². The van der Waals surface area contributed by atoms with E-state index >= 15 is 0 Å². The van der Waals surface area contributed by atoms with Crippen LogP contribution in [0.2, 0.25) is 0 Å². The standard InChI is InChI=1S/C18H24N2O3/c1-2-12-20(13-14-6-4-3-5-7-14)18(23)19-16-10-8-15(9-11-16)17(21)22/h2-7,15-16H,1,8-13H2,(H,19,23)(H,21,22). The SMILES string of the molecule is C=CCN(Cc1ccccc1)C(=O)NC1CCC(C(=O)O)CC1. The van der Waals surface area contributed by atoms with Gasteiger partial charge in [0, 0.05) is 19.1 Å². The van der Waals surface area contributed by atoms with Gasteiger partial charge in [-0.15, -0.1) is 6.58 Å². The second kappa shape index (κ2) is 8.36. The van der Waals surface area contributed by atoms with Crippen LogP contribution in [0.5, 0.6) is 0 Å². The lowest BCUT2D eigenvalue weighted by Crippen LogP contribution is -2.46. The number of nitrogens with one attached hydrogen (secondary N) is 1. The highest BCUT2D eigenvalue weighted by molar-refractivity contribution is 5.75. The molecular formula is C18H24N2O3. The maximum atomic E-state index is 12.5. The summed E-state index contributed by atoms with van der Waals surface area (Å²) in [7, 11) is 0. The molecule has 0 saturated heterocycles. The largest absolute Gasteiger partial charge is 0.481 e. The number of amides is 2. The number of carbonyl (C=O) groups is 2. The zero-order valence-electron chi connectivity index (χ0n) is 13.3. The van der Waals surface area contributed by atoms with Crippen LogP contribution in [0.15, 0.2) is 43.0 Å². The van der Waals surface area contributed by atoms with Crippen LogP contribution in [-0.2, 0) is 11.3 Å². The third kappa shape index (κ3) is 5.13. The molecule has 0 spiro atoms. The van der Waals surface area contributed by atoms with Gasteiger partial charge in [-0.1, -0.05) is 36.4 Å². The van der Waals surface area contributed by atoms with Gasteiger partial charge in [0.25, 0.3) is 0 Å². The Morgan fingerprint density at radius 3 is 2.43 bits per heavy atom. The van der Waals surface area contributed by atoms with E-state index in [1.165, 1.54) is 0 Å². The molecule has 0 aromatic heterocycles. The van der Waals surface area contributed by atoms with Gasteiger partial charge in [-0.3, -0.25) is 4.79 Å². The second-order valence-corrected chi connectivity index (χ2v) is 5.99. The van der Waals surface area contributed by atoms with Crippen molar-refractivity contribution in [2.45, 2.75) is 38.3 Å². The molecule has 1 fully saturated rings. The van der Waals surface area contributed by atoms with Crippen molar-refractivity contribution in [3.63, 3.8) is 0 Å². The molecule has 0 aliphatic heterocycles. The Hall–Kier alpha value is -2.30. The summed E-state index contributed by atoms with van der Waals surface area (Å²) in [5.74, 6) is -0.996. The lowest BCUT2D eigenvalue weighted by atomic mass is 9.86. The fourth-order valence-electron chi connectivity index (χ4n) is 2.93. The van der Waals surface area contributed by atoms with Crippen molar-refractivity contribution in [3.05, 3.63) is 48.6 Å². The molecule has 0 bridgehead atoms. The van der Waals surface area contributed by atoms with E-state index in [9.17, 15) is 9.59 Å². The highest BCUT2D eigenvalue weighted by Gasteiger charge is 2.27. The van der Waals surface area contributed by atoms with E-state index in [0.29, 0.717) is 25.9 Å². The van der Waals surface area contributed by atoms with Crippen molar-refractivity contribution < 1.29 is 14.7 Å². The predicted molar refractivity (Wildman–Crippen MR) is 89.0 cm³/mol. The minimum atomic E-state index is -0.730. The minimum Gasteiger partial charge on any atom is -0.481 e. The first-order chi connectivity index (χ1) is 11.1. The van der Waals surface area contributed by atoms with E-state index < -0.39 is 5.97 Å². The predicted octanol–water partition coefficient (Wildman–Crippen LogP) is 3.03. The molecule has 1 saturated carbocycles. The Bertz CT molecular complexity index is 536. The summed E-state index contributed by atoms with van der Waals surface area (Å²) in [6, 6.07) is 9.76. The molecule has 0 atom stereocenters. The molecule has 2 amide bonds. The van der Waals surface area contributed by atoms with E-state index in [0.717, 1.165) is 18.4 Å². The smallest absolute Gasteiger partial charge is 0.318 e. The first-order valence-electron chi connectivity index (χ1n) is 8.03. The molecule has 5 nitrogen and oxygen atoms in total. The Balaban J connectivity index is 1.88. The highest BCUT2D eigenvalue weighted by atomic mass is 16.4. The fourth-order valence-corrected chi connectivity index (χ4v) is 2.93. The number of aliphatic carboxylic acids is 1. The van der Waals surface area contributed by atoms with Gasteiger partial charge in [-0.25, -0.2) is 4.79 Å². The molecule has 23 heavy (non-hydrogen) atoms. The number of rotatable bonds is 6. The summed E-state index contributed by atoms with van der Waals surface area (Å²) < 4.78 is 0. The van der Waals surface area contributed by atoms with Crippen LogP contribution in [0.1, 0.15) is 31.2 Å². The molecule has 0 unspecified atom stereocenters. The quantitative estimate of drug-likeness (QED) is 0.793. The van der Waals surface area contributed by atoms with Gasteiger partial charge in [0.1, 0.15) is 0 Å². The normalized spacial score (nSPS) is 20.5. The van der Waals surface area contributed by atoms with E-state index in [4.69, 9.17) is 5.11 Å². The zero-order chi connectivity index (χ0) is 16.7. The van der Waals surface area contributed by atoms with Crippen LogP contribution in [0.25, 0.3) is 0 Å². The molecule has 2 N–H and O–H groups in total. The number of hydrogen-bond donors (Lipinski definition) is 2. The van der Waals surface area contributed by atoms with Crippen LogP contribution in [0.4, 0.5) is 4.79 Å². The van der Waals surface area contributed by atoms with Crippen LogP contribution < -0.4 is 5.32 Å². The Morgan fingerprint density at radius 2 is 1.87 bits per heavy atom. The average molecular weight is 316 g/mol. The molecule has 1 aliphatic carbocycles. The molecule has 0 heterocycles. The van der Waals surface area contributed by atoms with Crippen LogP contribution in [0.3, 0.4) is 0 Å². The summed E-state index contributed by atoms with van der Waals surface area (Å²) in [6.45, 7) is 4.72. The molecule has 2 rings (SSSR count). The number of carboxylic acids is 1. The number of carboxylic acid groups (broad SMARTS) is 1. The summed E-state index contributed by atoms with van der Waals surface area (Å²) in [5, 5.41) is 12.1. The molecule has 1 aromatic rings. The summed E-state index contributed by atoms with van der Waals surface area (Å²) >= 11 is 0. The van der Waals surface area contributed by atoms with E-state index in [2.05, 4.69) is 11.9 Å². The maximum Gasteiger partial charge on any atom is 0.318 e. The van der Waals surface area contributed by atoms with Crippen molar-refractivity contribution in [1.82, 2.24) is 10.2 Å². The van der Waals surface area contributed by atoms with Gasteiger partial charge in [0.15, 0.2) is 0 Å². The van der Waals surface area contributed by atoms with Gasteiger partial charge >= 0.3 is 12.0 Å². The molecule has 5 heteroatoms. The van der Waals surface area contributed by atoms with Crippen molar-refractivity contribution in [2.24, 2.45) is 5.92 Å². The average Bonchev–Trinajstić information content (AvgIpc) is 2.56. The number of hydrogen-bond acceptors (Lipinski definition) is 2. The number of carbonyl (C=O) groups excluding carboxylic acids is 1. The summed E-state index contributed by atoms with van der Waals surface area (Å²) in [4.78, 5) is 25.2. The third-order valence-electron chi connectivity index (χ3n) is 4.26. The van der Waals surface area contributed by atoms with Crippen molar-refractivity contribution in [2.75, 3.05) is 6.54 Å². The van der Waals surface area contributed by atoms with Crippen LogP contribution in [-0.4, -0.2) is 34.6 Å². The Morgan fingerprint density at radius 1 is 1.22 bits per heavy atom.